The molecule has 0 aliphatic rings. The molecule has 0 spiro atoms. The van der Waals surface area contributed by atoms with Crippen molar-refractivity contribution < 1.29 is 4.74 Å². The van der Waals surface area contributed by atoms with E-state index in [0.29, 0.717) is 0 Å². The first-order valence-electron chi connectivity index (χ1n) is 7.22. The standard InChI is InChI=1S/C19H18N2O.2ClH/c1-22-18-9-7-17(8-10-18)21-19(15-5-3-2-4-6-15)16-11-13-20-14-12-16;;/h2-14,19,21H,1H3;2*1H. The van der Waals surface area contributed by atoms with Crippen LogP contribution in [-0.4, -0.2) is 12.1 Å². The molecule has 0 bridgehead atoms. The number of aromatic nitrogens is 1. The van der Waals surface area contributed by atoms with Gasteiger partial charge in [-0.05, 0) is 47.5 Å². The highest BCUT2D eigenvalue weighted by atomic mass is 35.5. The van der Waals surface area contributed by atoms with E-state index in [9.17, 15) is 0 Å². The van der Waals surface area contributed by atoms with Crippen molar-refractivity contribution in [1.82, 2.24) is 4.98 Å². The molecule has 24 heavy (non-hydrogen) atoms. The summed E-state index contributed by atoms with van der Waals surface area (Å²) in [5.74, 6) is 0.853. The number of halogens is 2. The third-order valence-electron chi connectivity index (χ3n) is 3.57. The van der Waals surface area contributed by atoms with E-state index < -0.39 is 0 Å². The lowest BCUT2D eigenvalue weighted by atomic mass is 9.99. The van der Waals surface area contributed by atoms with Crippen LogP contribution in [0.15, 0.2) is 79.1 Å². The highest BCUT2D eigenvalue weighted by Gasteiger charge is 2.13. The number of anilines is 1. The summed E-state index contributed by atoms with van der Waals surface area (Å²) in [5, 5.41) is 3.58. The monoisotopic (exact) mass is 362 g/mol. The third kappa shape index (κ3) is 4.88. The van der Waals surface area contributed by atoms with Gasteiger partial charge in [0.05, 0.1) is 13.2 Å². The molecule has 0 aliphatic carbocycles. The number of hydrogen-bond donors (Lipinski definition) is 1. The topological polar surface area (TPSA) is 34.1 Å². The van der Waals surface area contributed by atoms with Crippen LogP contribution in [0.2, 0.25) is 0 Å². The van der Waals surface area contributed by atoms with E-state index in [4.69, 9.17) is 4.74 Å². The summed E-state index contributed by atoms with van der Waals surface area (Å²) in [5.41, 5.74) is 3.44. The predicted molar refractivity (Wildman–Crippen MR) is 104 cm³/mol. The van der Waals surface area contributed by atoms with Crippen LogP contribution in [-0.2, 0) is 0 Å². The minimum absolute atomic E-state index is 0. The zero-order valence-electron chi connectivity index (χ0n) is 13.3. The van der Waals surface area contributed by atoms with Crippen molar-refractivity contribution >= 4 is 30.5 Å². The molecule has 5 heteroatoms. The Hall–Kier alpha value is -2.23. The van der Waals surface area contributed by atoms with Crippen LogP contribution in [0.4, 0.5) is 5.69 Å². The first-order valence-corrected chi connectivity index (χ1v) is 7.22. The Morgan fingerprint density at radius 3 is 1.96 bits per heavy atom. The Balaban J connectivity index is 0.00000144. The average molecular weight is 363 g/mol. The van der Waals surface area contributed by atoms with E-state index in [-0.39, 0.29) is 30.9 Å². The molecule has 2 aromatic carbocycles. The zero-order valence-corrected chi connectivity index (χ0v) is 14.9. The SMILES string of the molecule is COc1ccc(NC(c2ccccc2)c2ccncc2)cc1.Cl.Cl. The van der Waals surface area contributed by atoms with Crippen LogP contribution in [0.1, 0.15) is 17.2 Å². The Morgan fingerprint density at radius 2 is 1.38 bits per heavy atom. The van der Waals surface area contributed by atoms with Gasteiger partial charge in [0.1, 0.15) is 5.75 Å². The maximum Gasteiger partial charge on any atom is 0.119 e. The molecule has 0 saturated heterocycles. The molecular formula is C19H20Cl2N2O. The van der Waals surface area contributed by atoms with E-state index in [1.165, 1.54) is 11.1 Å². The Labute approximate surface area is 154 Å². The second-order valence-corrected chi connectivity index (χ2v) is 5.00. The number of rotatable bonds is 5. The second-order valence-electron chi connectivity index (χ2n) is 5.00. The first-order chi connectivity index (χ1) is 10.9. The van der Waals surface area contributed by atoms with Crippen molar-refractivity contribution in [3.8, 4) is 5.75 Å². The maximum atomic E-state index is 5.21. The van der Waals surface area contributed by atoms with Crippen LogP contribution in [0.5, 0.6) is 5.75 Å². The fourth-order valence-electron chi connectivity index (χ4n) is 2.41. The lowest BCUT2D eigenvalue weighted by Gasteiger charge is -2.21. The van der Waals surface area contributed by atoms with Crippen molar-refractivity contribution in [3.63, 3.8) is 0 Å². The van der Waals surface area contributed by atoms with Crippen molar-refractivity contribution in [2.45, 2.75) is 6.04 Å². The predicted octanol–water partition coefficient (Wildman–Crippen LogP) is 5.14. The molecule has 1 atom stereocenters. The van der Waals surface area contributed by atoms with Crippen LogP contribution < -0.4 is 10.1 Å². The molecule has 3 rings (SSSR count). The fraction of sp³-hybridized carbons (Fsp3) is 0.105. The van der Waals surface area contributed by atoms with Gasteiger partial charge in [-0.1, -0.05) is 30.3 Å². The van der Waals surface area contributed by atoms with E-state index in [2.05, 4.69) is 34.6 Å². The van der Waals surface area contributed by atoms with Gasteiger partial charge < -0.3 is 10.1 Å². The van der Waals surface area contributed by atoms with Gasteiger partial charge in [0, 0.05) is 18.1 Å². The van der Waals surface area contributed by atoms with Gasteiger partial charge in [-0.25, -0.2) is 0 Å². The highest BCUT2D eigenvalue weighted by Crippen LogP contribution is 2.27. The van der Waals surface area contributed by atoms with Gasteiger partial charge in [0.15, 0.2) is 0 Å². The van der Waals surface area contributed by atoms with Gasteiger partial charge >= 0.3 is 0 Å². The Morgan fingerprint density at radius 1 is 0.792 bits per heavy atom. The van der Waals surface area contributed by atoms with E-state index in [1.54, 1.807) is 7.11 Å². The number of ether oxygens (including phenoxy) is 1. The van der Waals surface area contributed by atoms with Crippen molar-refractivity contribution in [1.29, 1.82) is 0 Å². The molecular weight excluding hydrogens is 343 g/mol. The Kier molecular flexibility index (Phi) is 8.10. The summed E-state index contributed by atoms with van der Waals surface area (Å²) in [6, 6.07) is 22.5. The van der Waals surface area contributed by atoms with Gasteiger partial charge in [-0.15, -0.1) is 24.8 Å². The number of benzene rings is 2. The summed E-state index contributed by atoms with van der Waals surface area (Å²) in [4.78, 5) is 4.11. The Bertz CT molecular complexity index is 667. The highest BCUT2D eigenvalue weighted by molar-refractivity contribution is 5.85. The third-order valence-corrected chi connectivity index (χ3v) is 3.57. The van der Waals surface area contributed by atoms with Gasteiger partial charge in [0.25, 0.3) is 0 Å². The molecule has 3 nitrogen and oxygen atoms in total. The van der Waals surface area contributed by atoms with Crippen molar-refractivity contribution in [3.05, 3.63) is 90.3 Å². The van der Waals surface area contributed by atoms with Gasteiger partial charge in [-0.2, -0.15) is 0 Å². The number of pyridine rings is 1. The molecule has 1 N–H and O–H groups in total. The van der Waals surface area contributed by atoms with Crippen molar-refractivity contribution in [2.24, 2.45) is 0 Å². The smallest absolute Gasteiger partial charge is 0.119 e. The molecule has 0 saturated carbocycles. The molecule has 0 aliphatic heterocycles. The molecule has 1 unspecified atom stereocenters. The van der Waals surface area contributed by atoms with E-state index in [1.807, 2.05) is 54.9 Å². The molecule has 126 valence electrons. The van der Waals surface area contributed by atoms with E-state index >= 15 is 0 Å². The van der Waals surface area contributed by atoms with Crippen molar-refractivity contribution in [2.75, 3.05) is 12.4 Å². The van der Waals surface area contributed by atoms with Crippen LogP contribution in [0, 0.1) is 0 Å². The fourth-order valence-corrected chi connectivity index (χ4v) is 2.41. The lowest BCUT2D eigenvalue weighted by Crippen LogP contribution is -2.12. The molecule has 0 amide bonds. The second kappa shape index (κ2) is 9.81. The van der Waals surface area contributed by atoms with Gasteiger partial charge in [0.2, 0.25) is 0 Å². The molecule has 0 radical (unpaired) electrons. The minimum Gasteiger partial charge on any atom is -0.497 e. The first kappa shape index (κ1) is 19.8. The number of nitrogens with zero attached hydrogens (tertiary/aromatic N) is 1. The molecule has 1 aromatic heterocycles. The number of methoxy groups -OCH3 is 1. The largest absolute Gasteiger partial charge is 0.497 e. The lowest BCUT2D eigenvalue weighted by molar-refractivity contribution is 0.415. The number of hydrogen-bond acceptors (Lipinski definition) is 3. The quantitative estimate of drug-likeness (QED) is 0.682. The van der Waals surface area contributed by atoms with Crippen LogP contribution in [0.25, 0.3) is 0 Å². The molecule has 1 heterocycles. The van der Waals surface area contributed by atoms with Crippen LogP contribution >= 0.6 is 24.8 Å². The van der Waals surface area contributed by atoms with Crippen LogP contribution in [0.3, 0.4) is 0 Å². The zero-order chi connectivity index (χ0) is 15.2. The summed E-state index contributed by atoms with van der Waals surface area (Å²) in [6.45, 7) is 0. The summed E-state index contributed by atoms with van der Waals surface area (Å²) < 4.78 is 5.21. The number of nitrogens with one attached hydrogen (secondary N) is 1. The van der Waals surface area contributed by atoms with E-state index in [0.717, 1.165) is 11.4 Å². The minimum atomic E-state index is 0. The van der Waals surface area contributed by atoms with Gasteiger partial charge in [-0.3, -0.25) is 4.98 Å². The molecule has 0 fully saturated rings. The summed E-state index contributed by atoms with van der Waals surface area (Å²) >= 11 is 0. The summed E-state index contributed by atoms with van der Waals surface area (Å²) in [7, 11) is 1.67. The normalized spacial score (nSPS) is 10.7. The summed E-state index contributed by atoms with van der Waals surface area (Å²) in [6.07, 6.45) is 3.64. The molecule has 3 aromatic rings. The average Bonchev–Trinajstić information content (AvgIpc) is 2.62. The maximum absolute atomic E-state index is 5.21.